The largest absolute Gasteiger partial charge is 0.508 e. The van der Waals surface area contributed by atoms with Crippen molar-refractivity contribution in [2.75, 3.05) is 11.5 Å². The monoisotopic (exact) mass is 345 g/mol. The summed E-state index contributed by atoms with van der Waals surface area (Å²) in [5.41, 5.74) is 4.75. The fraction of sp³-hybridized carbons (Fsp3) is 0.136. The topological polar surface area (TPSA) is 49.8 Å². The summed E-state index contributed by atoms with van der Waals surface area (Å²) in [6.07, 6.45) is 0. The van der Waals surface area contributed by atoms with E-state index in [0.29, 0.717) is 13.2 Å². The minimum absolute atomic E-state index is 0.0549. The predicted molar refractivity (Wildman–Crippen MR) is 101 cm³/mol. The van der Waals surface area contributed by atoms with E-state index in [2.05, 4.69) is 0 Å². The first kappa shape index (κ1) is 16.4. The normalized spacial score (nSPS) is 14.0. The van der Waals surface area contributed by atoms with Gasteiger partial charge in [-0.05, 0) is 34.9 Å². The molecule has 26 heavy (non-hydrogen) atoms. The highest BCUT2D eigenvalue weighted by atomic mass is 16.5. The number of carbonyl (C=O) groups is 1. The number of hydrogen-bond donors (Lipinski definition) is 1. The Hall–Kier alpha value is -3.11. The lowest BCUT2D eigenvalue weighted by Crippen LogP contribution is -2.32. The number of fused-ring (bicyclic) bond motifs is 1. The second kappa shape index (κ2) is 7.02. The Kier molecular flexibility index (Phi) is 4.42. The van der Waals surface area contributed by atoms with E-state index in [4.69, 9.17) is 4.74 Å². The fourth-order valence-corrected chi connectivity index (χ4v) is 3.32. The molecule has 4 nitrogen and oxygen atoms in total. The van der Waals surface area contributed by atoms with Crippen LogP contribution < -0.4 is 4.90 Å². The molecule has 0 fully saturated rings. The summed E-state index contributed by atoms with van der Waals surface area (Å²) in [4.78, 5) is 14.4. The number of amides is 1. The van der Waals surface area contributed by atoms with E-state index in [-0.39, 0.29) is 18.3 Å². The SMILES string of the molecule is O=C1COCc2c(-c3cccc(O)c3)cccc2N1Cc1ccccc1. The number of aromatic hydroxyl groups is 1. The highest BCUT2D eigenvalue weighted by Crippen LogP contribution is 2.35. The third-order valence-corrected chi connectivity index (χ3v) is 4.56. The van der Waals surface area contributed by atoms with Crippen LogP contribution in [0.4, 0.5) is 5.69 Å². The molecule has 1 aliphatic heterocycles. The molecule has 1 aliphatic rings. The van der Waals surface area contributed by atoms with Crippen LogP contribution in [0.15, 0.2) is 72.8 Å². The van der Waals surface area contributed by atoms with Gasteiger partial charge in [0.15, 0.2) is 0 Å². The molecule has 130 valence electrons. The lowest BCUT2D eigenvalue weighted by atomic mass is 9.97. The van der Waals surface area contributed by atoms with Crippen molar-refractivity contribution in [3.63, 3.8) is 0 Å². The lowest BCUT2D eigenvalue weighted by molar-refractivity contribution is -0.123. The zero-order chi connectivity index (χ0) is 17.9. The Morgan fingerprint density at radius 1 is 0.923 bits per heavy atom. The Morgan fingerprint density at radius 2 is 1.73 bits per heavy atom. The van der Waals surface area contributed by atoms with Crippen LogP contribution in [-0.4, -0.2) is 17.6 Å². The van der Waals surface area contributed by atoms with E-state index in [1.165, 1.54) is 0 Å². The van der Waals surface area contributed by atoms with Gasteiger partial charge in [-0.1, -0.05) is 54.6 Å². The molecule has 0 spiro atoms. The Bertz CT molecular complexity index is 937. The molecule has 0 atom stereocenters. The van der Waals surface area contributed by atoms with Crippen LogP contribution in [0.25, 0.3) is 11.1 Å². The number of hydrogen-bond acceptors (Lipinski definition) is 3. The van der Waals surface area contributed by atoms with Crippen molar-refractivity contribution in [2.45, 2.75) is 13.2 Å². The Morgan fingerprint density at radius 3 is 2.54 bits per heavy atom. The van der Waals surface area contributed by atoms with Gasteiger partial charge >= 0.3 is 0 Å². The van der Waals surface area contributed by atoms with Crippen LogP contribution in [0.5, 0.6) is 5.75 Å². The maximum absolute atomic E-state index is 12.6. The van der Waals surface area contributed by atoms with Gasteiger partial charge in [0.25, 0.3) is 5.91 Å². The average molecular weight is 345 g/mol. The van der Waals surface area contributed by atoms with Crippen molar-refractivity contribution in [3.8, 4) is 16.9 Å². The maximum Gasteiger partial charge on any atom is 0.253 e. The summed E-state index contributed by atoms with van der Waals surface area (Å²) in [6.45, 7) is 0.915. The predicted octanol–water partition coefficient (Wildman–Crippen LogP) is 4.12. The number of ether oxygens (including phenoxy) is 1. The number of phenols is 1. The van der Waals surface area contributed by atoms with Crippen molar-refractivity contribution >= 4 is 11.6 Å². The molecule has 4 rings (SSSR count). The molecule has 0 saturated heterocycles. The van der Waals surface area contributed by atoms with Crippen molar-refractivity contribution in [3.05, 3.63) is 83.9 Å². The van der Waals surface area contributed by atoms with Gasteiger partial charge in [-0.2, -0.15) is 0 Å². The number of benzene rings is 3. The second-order valence-corrected chi connectivity index (χ2v) is 6.31. The van der Waals surface area contributed by atoms with Gasteiger partial charge in [-0.15, -0.1) is 0 Å². The number of rotatable bonds is 3. The summed E-state index contributed by atoms with van der Waals surface area (Å²) in [5.74, 6) is 0.160. The molecule has 0 aliphatic carbocycles. The standard InChI is InChI=1S/C22H19NO3/c24-18-9-4-8-17(12-18)19-10-5-11-21-20(19)14-26-15-22(25)23(21)13-16-6-2-1-3-7-16/h1-12,24H,13-15H2. The lowest BCUT2D eigenvalue weighted by Gasteiger charge is -2.24. The molecular weight excluding hydrogens is 326 g/mol. The molecule has 0 unspecified atom stereocenters. The van der Waals surface area contributed by atoms with Crippen molar-refractivity contribution in [1.82, 2.24) is 0 Å². The highest BCUT2D eigenvalue weighted by molar-refractivity contribution is 5.96. The van der Waals surface area contributed by atoms with Crippen LogP contribution in [0, 0.1) is 0 Å². The molecule has 3 aromatic carbocycles. The molecule has 0 aromatic heterocycles. The van der Waals surface area contributed by atoms with E-state index in [0.717, 1.165) is 27.9 Å². The number of carbonyl (C=O) groups excluding carboxylic acids is 1. The first-order chi connectivity index (χ1) is 12.7. The average Bonchev–Trinajstić information content (AvgIpc) is 2.82. The van der Waals surface area contributed by atoms with Gasteiger partial charge in [0.05, 0.1) is 18.8 Å². The van der Waals surface area contributed by atoms with Crippen molar-refractivity contribution < 1.29 is 14.6 Å². The van der Waals surface area contributed by atoms with Crippen LogP contribution in [-0.2, 0) is 22.7 Å². The molecule has 0 radical (unpaired) electrons. The first-order valence-corrected chi connectivity index (χ1v) is 8.56. The number of nitrogens with zero attached hydrogens (tertiary/aromatic N) is 1. The molecule has 4 heteroatoms. The quantitative estimate of drug-likeness (QED) is 0.777. The van der Waals surface area contributed by atoms with Gasteiger partial charge in [-0.3, -0.25) is 4.79 Å². The van der Waals surface area contributed by atoms with Crippen LogP contribution in [0.3, 0.4) is 0 Å². The molecule has 1 heterocycles. The smallest absolute Gasteiger partial charge is 0.253 e. The Labute approximate surface area is 152 Å². The first-order valence-electron chi connectivity index (χ1n) is 8.56. The summed E-state index contributed by atoms with van der Waals surface area (Å²) in [6, 6.07) is 22.9. The minimum atomic E-state index is -0.0549. The molecule has 1 amide bonds. The molecule has 0 saturated carbocycles. The molecule has 3 aromatic rings. The van der Waals surface area contributed by atoms with Crippen molar-refractivity contribution in [2.24, 2.45) is 0 Å². The van der Waals surface area contributed by atoms with Gasteiger partial charge < -0.3 is 14.7 Å². The van der Waals surface area contributed by atoms with E-state index >= 15 is 0 Å². The third kappa shape index (κ3) is 3.19. The third-order valence-electron chi connectivity index (χ3n) is 4.56. The van der Waals surface area contributed by atoms with E-state index < -0.39 is 0 Å². The van der Waals surface area contributed by atoms with E-state index in [9.17, 15) is 9.90 Å². The zero-order valence-electron chi connectivity index (χ0n) is 14.3. The maximum atomic E-state index is 12.6. The molecule has 0 bridgehead atoms. The summed E-state index contributed by atoms with van der Waals surface area (Å²) >= 11 is 0. The minimum Gasteiger partial charge on any atom is -0.508 e. The van der Waals surface area contributed by atoms with Crippen LogP contribution in [0.1, 0.15) is 11.1 Å². The van der Waals surface area contributed by atoms with Gasteiger partial charge in [0, 0.05) is 5.56 Å². The summed E-state index contributed by atoms with van der Waals surface area (Å²) in [7, 11) is 0. The summed E-state index contributed by atoms with van der Waals surface area (Å²) in [5, 5.41) is 9.83. The van der Waals surface area contributed by atoms with Crippen LogP contribution >= 0.6 is 0 Å². The zero-order valence-corrected chi connectivity index (χ0v) is 14.3. The van der Waals surface area contributed by atoms with E-state index in [1.807, 2.05) is 60.7 Å². The van der Waals surface area contributed by atoms with Crippen LogP contribution in [0.2, 0.25) is 0 Å². The highest BCUT2D eigenvalue weighted by Gasteiger charge is 2.25. The van der Waals surface area contributed by atoms with Crippen molar-refractivity contribution in [1.29, 1.82) is 0 Å². The fourth-order valence-electron chi connectivity index (χ4n) is 3.32. The van der Waals surface area contributed by atoms with E-state index in [1.54, 1.807) is 17.0 Å². The number of phenolic OH excluding ortho intramolecular Hbond substituents is 1. The van der Waals surface area contributed by atoms with Gasteiger partial charge in [0.2, 0.25) is 0 Å². The van der Waals surface area contributed by atoms with Gasteiger partial charge in [0.1, 0.15) is 12.4 Å². The second-order valence-electron chi connectivity index (χ2n) is 6.31. The van der Waals surface area contributed by atoms with Gasteiger partial charge in [-0.25, -0.2) is 0 Å². The number of anilines is 1. The molecular formula is C22H19NO3. The molecule has 1 N–H and O–H groups in total. The summed E-state index contributed by atoms with van der Waals surface area (Å²) < 4.78 is 5.64. The Balaban J connectivity index is 1.80.